The first-order valence-electron chi connectivity index (χ1n) is 8.41. The molecule has 0 aliphatic heterocycles. The molecule has 1 N–H and O–H groups in total. The number of anilines is 1. The van der Waals surface area contributed by atoms with Gasteiger partial charge in [0.15, 0.2) is 5.82 Å². The lowest BCUT2D eigenvalue weighted by Crippen LogP contribution is -2.17. The van der Waals surface area contributed by atoms with Crippen LogP contribution in [0.15, 0.2) is 57.8 Å². The van der Waals surface area contributed by atoms with Crippen LogP contribution in [0.1, 0.15) is 16.4 Å². The first-order chi connectivity index (χ1) is 14.7. The van der Waals surface area contributed by atoms with Crippen molar-refractivity contribution < 1.29 is 22.5 Å². The lowest BCUT2D eigenvalue weighted by atomic mass is 10.2. The Kier molecular flexibility index (Phi) is 5.50. The Morgan fingerprint density at radius 3 is 2.58 bits per heavy atom. The number of nitrogens with one attached hydrogen (secondary N) is 1. The van der Waals surface area contributed by atoms with Gasteiger partial charge in [0.2, 0.25) is 5.82 Å². The number of aromatic nitrogens is 5. The molecule has 31 heavy (non-hydrogen) atoms. The number of hydrogen-bond donors (Lipinski definition) is 1. The molecule has 0 fully saturated rings. The summed E-state index contributed by atoms with van der Waals surface area (Å²) >= 11 is 9.37. The highest BCUT2D eigenvalue weighted by molar-refractivity contribution is 9.10. The number of alkyl halides is 3. The van der Waals surface area contributed by atoms with Gasteiger partial charge < -0.3 is 9.84 Å². The molecule has 158 valence electrons. The quantitative estimate of drug-likeness (QED) is 0.412. The van der Waals surface area contributed by atoms with Gasteiger partial charge in [0, 0.05) is 23.5 Å². The maximum atomic E-state index is 12.8. The van der Waals surface area contributed by atoms with Gasteiger partial charge in [-0.15, -0.1) is 0 Å². The van der Waals surface area contributed by atoms with Crippen molar-refractivity contribution in [1.29, 1.82) is 0 Å². The van der Waals surface area contributed by atoms with E-state index in [2.05, 4.69) is 46.0 Å². The Bertz CT molecular complexity index is 1260. The highest BCUT2D eigenvalue weighted by Gasteiger charge is 2.38. The minimum atomic E-state index is -4.73. The van der Waals surface area contributed by atoms with Crippen molar-refractivity contribution in [2.45, 2.75) is 6.18 Å². The van der Waals surface area contributed by atoms with Crippen LogP contribution in [-0.4, -0.2) is 30.8 Å². The lowest BCUT2D eigenvalue weighted by molar-refractivity contribution is -0.159. The molecular weight excluding hydrogens is 505 g/mol. The first kappa shape index (κ1) is 21.0. The van der Waals surface area contributed by atoms with E-state index in [1.165, 1.54) is 41.2 Å². The second-order valence-corrected chi connectivity index (χ2v) is 7.24. The van der Waals surface area contributed by atoms with Crippen LogP contribution in [0.2, 0.25) is 5.02 Å². The van der Waals surface area contributed by atoms with Crippen molar-refractivity contribution in [3.63, 3.8) is 0 Å². The highest BCUT2D eigenvalue weighted by Crippen LogP contribution is 2.29. The number of rotatable bonds is 4. The zero-order chi connectivity index (χ0) is 22.2. The summed E-state index contributed by atoms with van der Waals surface area (Å²) in [4.78, 5) is 20.2. The third kappa shape index (κ3) is 4.44. The Morgan fingerprint density at radius 1 is 1.19 bits per heavy atom. The predicted octanol–water partition coefficient (Wildman–Crippen LogP) is 5.00. The van der Waals surface area contributed by atoms with Crippen LogP contribution < -0.4 is 5.32 Å². The van der Waals surface area contributed by atoms with Crippen LogP contribution in [0.3, 0.4) is 0 Å². The van der Waals surface area contributed by atoms with Gasteiger partial charge in [0.05, 0.1) is 5.02 Å². The zero-order valence-electron chi connectivity index (χ0n) is 15.1. The molecule has 1 amide bonds. The minimum absolute atomic E-state index is 0.157. The standard InChI is InChI=1S/C18H9BrClF3N6O2/c19-13-8-12(29(27-13)15-11(20)2-1-7-24-15)16(30)25-10-5-3-9(4-6-10)14-26-17(31-28-14)18(21,22)23/h1-8H,(H,25,30). The molecule has 3 aromatic heterocycles. The fraction of sp³-hybridized carbons (Fsp3) is 0.0556. The summed E-state index contributed by atoms with van der Waals surface area (Å²) < 4.78 is 43.7. The Labute approximate surface area is 185 Å². The monoisotopic (exact) mass is 512 g/mol. The van der Waals surface area contributed by atoms with Gasteiger partial charge in [-0.05, 0) is 52.3 Å². The molecule has 0 unspecified atom stereocenters. The van der Waals surface area contributed by atoms with Crippen LogP contribution in [0.5, 0.6) is 0 Å². The lowest BCUT2D eigenvalue weighted by Gasteiger charge is -2.09. The van der Waals surface area contributed by atoms with Crippen LogP contribution >= 0.6 is 27.5 Å². The number of pyridine rings is 1. The molecule has 4 aromatic rings. The van der Waals surface area contributed by atoms with Crippen molar-refractivity contribution >= 4 is 39.1 Å². The number of nitrogens with zero attached hydrogens (tertiary/aromatic N) is 5. The molecule has 0 aliphatic carbocycles. The zero-order valence-corrected chi connectivity index (χ0v) is 17.4. The minimum Gasteiger partial charge on any atom is -0.329 e. The molecule has 0 saturated carbocycles. The topological polar surface area (TPSA) is 98.7 Å². The van der Waals surface area contributed by atoms with Gasteiger partial charge in [0.25, 0.3) is 5.91 Å². The molecule has 8 nitrogen and oxygen atoms in total. The number of benzene rings is 1. The largest absolute Gasteiger partial charge is 0.471 e. The Morgan fingerprint density at radius 2 is 1.94 bits per heavy atom. The summed E-state index contributed by atoms with van der Waals surface area (Å²) in [6, 6.07) is 10.6. The molecular formula is C18H9BrClF3N6O2. The van der Waals surface area contributed by atoms with E-state index in [4.69, 9.17) is 11.6 Å². The SMILES string of the molecule is O=C(Nc1ccc(-c2noc(C(F)(F)F)n2)cc1)c1cc(Br)nn1-c1ncccc1Cl. The van der Waals surface area contributed by atoms with E-state index in [-0.39, 0.29) is 22.9 Å². The average molecular weight is 514 g/mol. The predicted molar refractivity (Wildman–Crippen MR) is 107 cm³/mol. The van der Waals surface area contributed by atoms with E-state index in [1.54, 1.807) is 12.1 Å². The van der Waals surface area contributed by atoms with E-state index in [0.717, 1.165) is 0 Å². The molecule has 0 atom stereocenters. The smallest absolute Gasteiger partial charge is 0.329 e. The van der Waals surface area contributed by atoms with Gasteiger partial charge in [-0.25, -0.2) is 9.67 Å². The molecule has 1 aromatic carbocycles. The third-order valence-electron chi connectivity index (χ3n) is 3.92. The van der Waals surface area contributed by atoms with Crippen LogP contribution in [-0.2, 0) is 6.18 Å². The van der Waals surface area contributed by atoms with Crippen molar-refractivity contribution in [2.75, 3.05) is 5.32 Å². The maximum Gasteiger partial charge on any atom is 0.471 e. The Hall–Kier alpha value is -3.25. The van der Waals surface area contributed by atoms with Gasteiger partial charge in [0.1, 0.15) is 10.3 Å². The summed E-state index contributed by atoms with van der Waals surface area (Å²) in [6.45, 7) is 0. The van der Waals surface area contributed by atoms with Crippen molar-refractivity contribution in [3.8, 4) is 17.2 Å². The average Bonchev–Trinajstić information content (AvgIpc) is 3.36. The summed E-state index contributed by atoms with van der Waals surface area (Å²) in [6.07, 6.45) is -3.22. The molecule has 4 rings (SSSR count). The molecule has 0 bridgehead atoms. The number of hydrogen-bond acceptors (Lipinski definition) is 6. The number of carbonyl (C=O) groups is 1. The second kappa shape index (κ2) is 8.12. The molecule has 0 saturated heterocycles. The van der Waals surface area contributed by atoms with Crippen molar-refractivity contribution in [3.05, 3.63) is 69.9 Å². The van der Waals surface area contributed by atoms with Gasteiger partial charge in [-0.3, -0.25) is 4.79 Å². The van der Waals surface area contributed by atoms with Crippen molar-refractivity contribution in [2.24, 2.45) is 0 Å². The molecule has 0 radical (unpaired) electrons. The highest BCUT2D eigenvalue weighted by atomic mass is 79.9. The van der Waals surface area contributed by atoms with Gasteiger partial charge in [-0.2, -0.15) is 23.3 Å². The summed E-state index contributed by atoms with van der Waals surface area (Å²) in [5.74, 6) is -1.90. The fourth-order valence-corrected chi connectivity index (χ4v) is 3.14. The summed E-state index contributed by atoms with van der Waals surface area (Å²) in [5, 5.41) is 10.5. The van der Waals surface area contributed by atoms with E-state index in [9.17, 15) is 18.0 Å². The van der Waals surface area contributed by atoms with E-state index in [0.29, 0.717) is 15.3 Å². The first-order valence-corrected chi connectivity index (χ1v) is 9.58. The second-order valence-electron chi connectivity index (χ2n) is 6.03. The molecule has 13 heteroatoms. The molecule has 3 heterocycles. The Balaban J connectivity index is 1.55. The van der Waals surface area contributed by atoms with Gasteiger partial charge in [-0.1, -0.05) is 16.8 Å². The number of carbonyl (C=O) groups excluding carboxylic acids is 1. The third-order valence-corrected chi connectivity index (χ3v) is 4.60. The normalized spacial score (nSPS) is 11.5. The van der Waals surface area contributed by atoms with E-state index < -0.39 is 18.0 Å². The summed E-state index contributed by atoms with van der Waals surface area (Å²) in [5.41, 5.74) is 0.819. The molecule has 0 aliphatic rings. The fourth-order valence-electron chi connectivity index (χ4n) is 2.56. The number of halogens is 5. The maximum absolute atomic E-state index is 12.8. The van der Waals surface area contributed by atoms with Crippen LogP contribution in [0.25, 0.3) is 17.2 Å². The van der Waals surface area contributed by atoms with Gasteiger partial charge >= 0.3 is 12.1 Å². The van der Waals surface area contributed by atoms with E-state index in [1.807, 2.05) is 0 Å². The van der Waals surface area contributed by atoms with Crippen LogP contribution in [0.4, 0.5) is 18.9 Å². The number of amides is 1. The summed E-state index contributed by atoms with van der Waals surface area (Å²) in [7, 11) is 0. The van der Waals surface area contributed by atoms with E-state index >= 15 is 0 Å². The van der Waals surface area contributed by atoms with Crippen molar-refractivity contribution in [1.82, 2.24) is 24.9 Å². The molecule has 0 spiro atoms. The van der Waals surface area contributed by atoms with Crippen LogP contribution in [0, 0.1) is 0 Å².